The largest absolute Gasteiger partial charge is 3.00 e. The van der Waals surface area contributed by atoms with Crippen molar-refractivity contribution in [3.8, 4) is 0 Å². The molecule has 21 heteroatoms. The van der Waals surface area contributed by atoms with Crippen molar-refractivity contribution >= 4 is 77.3 Å². The van der Waals surface area contributed by atoms with Gasteiger partial charge in [-0.25, -0.2) is 0 Å². The quantitative estimate of drug-likeness (QED) is 0.190. The second-order valence-corrected chi connectivity index (χ2v) is 1.60. The number of carboxylic acid groups (broad SMARTS) is 12. The van der Waals surface area contributed by atoms with E-state index in [2.05, 4.69) is 0 Å². The second kappa shape index (κ2) is 49.6. The van der Waals surface area contributed by atoms with E-state index in [0.29, 0.717) is 0 Å². The summed E-state index contributed by atoms with van der Waals surface area (Å²) in [6.07, 6.45) is -12.5. The van der Waals surface area contributed by atoms with Crippen LogP contribution in [-0.2, 0) is 0 Å². The Labute approximate surface area is 196 Å². The standard InChI is InChI=1S/6CH2O3.Al.Mg.Na/c6*2-1(3)4;;;/h6*(H2,2,3,4);;;/q;;;;;;+3;+2;+1/p-6. The monoisotopic (exact) mass is 440 g/mol. The molecule has 6 N–H and O–H groups in total. The summed E-state index contributed by atoms with van der Waals surface area (Å²) in [5, 5.41) is 91.8. The molecule has 0 aromatic heterocycles. The minimum absolute atomic E-state index is 0. The molecule has 27 heavy (non-hydrogen) atoms. The van der Waals surface area contributed by atoms with E-state index in [1.807, 2.05) is 0 Å². The first kappa shape index (κ1) is 56.3. The predicted molar refractivity (Wildman–Crippen MR) is 59.7 cm³/mol. The van der Waals surface area contributed by atoms with Crippen molar-refractivity contribution in [2.24, 2.45) is 0 Å². The fourth-order valence-corrected chi connectivity index (χ4v) is 0. The van der Waals surface area contributed by atoms with Crippen LogP contribution in [0.5, 0.6) is 0 Å². The van der Waals surface area contributed by atoms with Gasteiger partial charge in [-0.3, -0.25) is 0 Å². The van der Waals surface area contributed by atoms with E-state index >= 15 is 0 Å². The van der Waals surface area contributed by atoms with Gasteiger partial charge < -0.3 is 90.0 Å². The molecule has 0 spiro atoms. The van der Waals surface area contributed by atoms with Crippen LogP contribution in [-0.4, -0.2) is 108 Å². The van der Waals surface area contributed by atoms with Crippen molar-refractivity contribution in [2.45, 2.75) is 0 Å². The summed E-state index contributed by atoms with van der Waals surface area (Å²) < 4.78 is 0. The Morgan fingerprint density at radius 3 is 0.407 bits per heavy atom. The third-order valence-electron chi connectivity index (χ3n) is 0. The molecule has 0 amide bonds. The molecule has 0 bridgehead atoms. The normalized spacial score (nSPS) is 5.33. The van der Waals surface area contributed by atoms with E-state index in [1.165, 1.54) is 0 Å². The molecular weight excluding hydrogens is 434 g/mol. The van der Waals surface area contributed by atoms with Crippen LogP contribution in [0.1, 0.15) is 0 Å². The minimum Gasteiger partial charge on any atom is -0.565 e. The van der Waals surface area contributed by atoms with Crippen molar-refractivity contribution in [2.75, 3.05) is 0 Å². The maximum absolute atomic E-state index is 8.44. The van der Waals surface area contributed by atoms with Crippen LogP contribution in [0.4, 0.5) is 28.8 Å². The van der Waals surface area contributed by atoms with E-state index in [-0.39, 0.29) is 70.0 Å². The van der Waals surface area contributed by atoms with Crippen molar-refractivity contribution in [1.82, 2.24) is 0 Å². The zero-order valence-electron chi connectivity index (χ0n) is 12.9. The Morgan fingerprint density at radius 1 is 0.407 bits per heavy atom. The molecule has 0 aliphatic carbocycles. The van der Waals surface area contributed by atoms with Crippen molar-refractivity contribution in [3.63, 3.8) is 0 Å². The van der Waals surface area contributed by atoms with Crippen LogP contribution in [0.15, 0.2) is 0 Å². The van der Waals surface area contributed by atoms with Crippen LogP contribution < -0.4 is 60.2 Å². The van der Waals surface area contributed by atoms with E-state index in [9.17, 15) is 0 Å². The van der Waals surface area contributed by atoms with Crippen LogP contribution in [0, 0.1) is 0 Å². The van der Waals surface area contributed by atoms with Crippen molar-refractivity contribution in [1.29, 1.82) is 0 Å². The van der Waals surface area contributed by atoms with Crippen LogP contribution in [0.3, 0.4) is 0 Å². The summed E-state index contributed by atoms with van der Waals surface area (Å²) in [7, 11) is 0. The van der Waals surface area contributed by atoms with Gasteiger partial charge in [0.05, 0.1) is 0 Å². The molecule has 0 aromatic carbocycles. The van der Waals surface area contributed by atoms with Gasteiger partial charge in [0.25, 0.3) is 0 Å². The average molecular weight is 440 g/mol. The smallest absolute Gasteiger partial charge is 0.565 e. The number of carbonyl (C=O) groups is 6. The molecule has 0 unspecified atom stereocenters. The molecule has 0 radical (unpaired) electrons. The Kier molecular flexibility index (Phi) is 103. The topological polar surface area (TPSA) is 362 Å². The first-order valence-electron chi connectivity index (χ1n) is 3.79. The Morgan fingerprint density at radius 2 is 0.407 bits per heavy atom. The van der Waals surface area contributed by atoms with Crippen LogP contribution in [0.2, 0.25) is 0 Å². The summed E-state index contributed by atoms with van der Waals surface area (Å²) in [5.74, 6) is 0. The van der Waals surface area contributed by atoms with Crippen LogP contribution in [0.25, 0.3) is 0 Å². The predicted octanol–water partition coefficient (Wildman–Crippen LogP) is -10.4. The average Bonchev–Trinajstić information content (AvgIpc) is 2.08. The maximum Gasteiger partial charge on any atom is 3.00 e. The number of rotatable bonds is 0. The van der Waals surface area contributed by atoms with E-state index < -0.39 is 36.9 Å². The van der Waals surface area contributed by atoms with Gasteiger partial charge in [0.15, 0.2) is 0 Å². The Balaban J connectivity index is -0.0000000201. The molecule has 0 saturated heterocycles. The molecule has 0 saturated carbocycles. The summed E-state index contributed by atoms with van der Waals surface area (Å²) in [6.45, 7) is 0. The molecule has 0 aliphatic rings. The van der Waals surface area contributed by atoms with Gasteiger partial charge in [-0.2, -0.15) is 0 Å². The summed E-state index contributed by atoms with van der Waals surface area (Å²) in [4.78, 5) is 50.7. The molecule has 0 fully saturated rings. The van der Waals surface area contributed by atoms with Crippen molar-refractivity contribution in [3.05, 3.63) is 0 Å². The maximum atomic E-state index is 8.44. The molecule has 0 aromatic rings. The van der Waals surface area contributed by atoms with Crippen molar-refractivity contribution < 1.29 is 120 Å². The Hall–Kier alpha value is -2.08. The Bertz CT molecular complexity index is 269. The van der Waals surface area contributed by atoms with Gasteiger partial charge in [0.1, 0.15) is 0 Å². The molecule has 0 heterocycles. The molecule has 0 rings (SSSR count). The van der Waals surface area contributed by atoms with Gasteiger partial charge in [0.2, 0.25) is 36.9 Å². The third kappa shape index (κ3) is 2650. The van der Waals surface area contributed by atoms with Gasteiger partial charge in [-0.15, -0.1) is 0 Å². The zero-order chi connectivity index (χ0) is 21.5. The molecule has 18 nitrogen and oxygen atoms in total. The zero-order valence-corrected chi connectivity index (χ0v) is 17.4. The summed E-state index contributed by atoms with van der Waals surface area (Å²) in [5.41, 5.74) is 0. The van der Waals surface area contributed by atoms with E-state index in [0.717, 1.165) is 0 Å². The fourth-order valence-electron chi connectivity index (χ4n) is 0. The van der Waals surface area contributed by atoms with Gasteiger partial charge in [-0.1, -0.05) is 0 Å². The second-order valence-electron chi connectivity index (χ2n) is 1.60. The molecule has 144 valence electrons. The molecular formula is C6H6AlMgNaO18. The summed E-state index contributed by atoms with van der Waals surface area (Å²) >= 11 is 0. The van der Waals surface area contributed by atoms with E-state index in [4.69, 9.17) is 90.0 Å². The van der Waals surface area contributed by atoms with E-state index in [1.54, 1.807) is 0 Å². The third-order valence-corrected chi connectivity index (χ3v) is 0. The van der Waals surface area contributed by atoms with Crippen LogP contribution >= 0.6 is 0 Å². The number of hydrogen-bond acceptors (Lipinski definition) is 12. The fraction of sp³-hybridized carbons (Fsp3) is 0. The van der Waals surface area contributed by atoms with Gasteiger partial charge >= 0.3 is 70.0 Å². The SMILES string of the molecule is O=C([O-])O.O=C([O-])O.O=C([O-])O.O=C([O-])O.O=C([O-])O.O=C([O-])O.[Al+3].[Mg+2].[Na+]. The van der Waals surface area contributed by atoms with Gasteiger partial charge in [0, 0.05) is 0 Å². The number of hydrogen-bond donors (Lipinski definition) is 6. The minimum atomic E-state index is -2.08. The molecule has 0 aliphatic heterocycles. The summed E-state index contributed by atoms with van der Waals surface area (Å²) in [6, 6.07) is 0. The van der Waals surface area contributed by atoms with Gasteiger partial charge in [-0.05, 0) is 0 Å². The molecule has 0 atom stereocenters. The first-order chi connectivity index (χ1) is 10.4. The first-order valence-corrected chi connectivity index (χ1v) is 3.79.